The number of thioether (sulfide) groups is 1. The van der Waals surface area contributed by atoms with Crippen LogP contribution in [0.4, 0.5) is 68.2 Å². The van der Waals surface area contributed by atoms with Crippen molar-refractivity contribution in [1.82, 2.24) is 9.55 Å². The second kappa shape index (κ2) is 17.8. The van der Waals surface area contributed by atoms with Gasteiger partial charge in [0, 0.05) is 51.5 Å². The van der Waals surface area contributed by atoms with Crippen molar-refractivity contribution in [3.63, 3.8) is 0 Å². The minimum atomic E-state index is 0.877. The van der Waals surface area contributed by atoms with Gasteiger partial charge >= 0.3 is 0 Å². The summed E-state index contributed by atoms with van der Waals surface area (Å²) in [5.41, 5.74) is 18.4. The number of aliphatic imine (C=N–C) groups is 1. The zero-order chi connectivity index (χ0) is 47.3. The van der Waals surface area contributed by atoms with Gasteiger partial charge in [0.25, 0.3) is 0 Å². The number of rotatable bonds is 8. The number of anilines is 12. The van der Waals surface area contributed by atoms with E-state index in [9.17, 15) is 0 Å². The Labute approximate surface area is 417 Å². The summed E-state index contributed by atoms with van der Waals surface area (Å²) in [6.07, 6.45) is 0. The molecule has 11 aromatic rings. The molecular formula is C63H45N7S. The van der Waals surface area contributed by atoms with Crippen LogP contribution in [0.15, 0.2) is 265 Å². The highest BCUT2D eigenvalue weighted by atomic mass is 32.2. The van der Waals surface area contributed by atoms with Crippen molar-refractivity contribution in [1.29, 1.82) is 0 Å². The maximum atomic E-state index is 5.39. The van der Waals surface area contributed by atoms with E-state index in [1.807, 2.05) is 7.05 Å². The van der Waals surface area contributed by atoms with Crippen LogP contribution in [0.5, 0.6) is 0 Å². The summed E-state index contributed by atoms with van der Waals surface area (Å²) >= 11 is 1.66. The van der Waals surface area contributed by atoms with Crippen LogP contribution in [0, 0.1) is 0 Å². The molecule has 0 spiro atoms. The molecule has 0 bridgehead atoms. The number of benzene rings is 10. The van der Waals surface area contributed by atoms with Gasteiger partial charge in [-0.15, -0.1) is 0 Å². The van der Waals surface area contributed by atoms with E-state index in [-0.39, 0.29) is 0 Å². The Hall–Kier alpha value is -9.11. The van der Waals surface area contributed by atoms with Crippen LogP contribution in [0.1, 0.15) is 5.56 Å². The first-order valence-electron chi connectivity index (χ1n) is 23.8. The van der Waals surface area contributed by atoms with Crippen LogP contribution < -0.4 is 19.6 Å². The second-order valence-corrected chi connectivity index (χ2v) is 18.5. The molecule has 0 atom stereocenters. The van der Waals surface area contributed by atoms with Gasteiger partial charge in [0.1, 0.15) is 10.9 Å². The Morgan fingerprint density at radius 3 is 1.11 bits per heavy atom. The number of nitrogens with zero attached hydrogens (tertiary/aromatic N) is 7. The highest BCUT2D eigenvalue weighted by molar-refractivity contribution is 8.14. The number of aromatic nitrogens is 2. The highest BCUT2D eigenvalue weighted by Gasteiger charge is 2.32. The maximum absolute atomic E-state index is 5.39. The zero-order valence-corrected chi connectivity index (χ0v) is 39.6. The number of fused-ring (bicyclic) bond motifs is 5. The molecule has 0 amide bonds. The third-order valence-electron chi connectivity index (χ3n) is 13.3. The first kappa shape index (κ1) is 42.0. The Balaban J connectivity index is 0.816. The van der Waals surface area contributed by atoms with E-state index < -0.39 is 0 Å². The van der Waals surface area contributed by atoms with Crippen molar-refractivity contribution in [2.75, 3.05) is 26.6 Å². The third-order valence-corrected chi connectivity index (χ3v) is 14.4. The van der Waals surface area contributed by atoms with E-state index in [0.717, 1.165) is 112 Å². The molecule has 0 aliphatic carbocycles. The summed E-state index contributed by atoms with van der Waals surface area (Å²) in [7, 11) is 1.87. The van der Waals surface area contributed by atoms with Crippen molar-refractivity contribution in [3.05, 3.63) is 260 Å². The molecule has 13 rings (SSSR count). The first-order valence-corrected chi connectivity index (χ1v) is 24.6. The third kappa shape index (κ3) is 7.32. The largest absolute Gasteiger partial charge is 0.306 e. The van der Waals surface area contributed by atoms with Crippen LogP contribution in [0.3, 0.4) is 0 Å². The summed E-state index contributed by atoms with van der Waals surface area (Å²) in [6, 6.07) is 90.4. The van der Waals surface area contributed by atoms with Crippen LogP contribution in [-0.2, 0) is 0 Å². The summed E-state index contributed by atoms with van der Waals surface area (Å²) in [4.78, 5) is 20.7. The predicted molar refractivity (Wildman–Crippen MR) is 297 cm³/mol. The second-order valence-electron chi connectivity index (χ2n) is 17.4. The Morgan fingerprint density at radius 1 is 0.366 bits per heavy atom. The lowest BCUT2D eigenvalue weighted by Crippen LogP contribution is -2.23. The topological polar surface area (TPSA) is 43.1 Å². The SMILES string of the molecule is CN=C(Sc1ccc2c(c1)nc(-c1ccc(N3c4ccccc4N(c4ccccc4)c4ccccc43)cc1)n2-c1ccccc1)c1ccc(N2c3ccccc3N(c3ccccc3)c3ccccc32)cc1. The minimum Gasteiger partial charge on any atom is -0.306 e. The van der Waals surface area contributed by atoms with Gasteiger partial charge < -0.3 is 19.6 Å². The van der Waals surface area contributed by atoms with Gasteiger partial charge in [-0.3, -0.25) is 9.56 Å². The summed E-state index contributed by atoms with van der Waals surface area (Å²) in [5.74, 6) is 0.877. The van der Waals surface area contributed by atoms with Gasteiger partial charge in [0.15, 0.2) is 0 Å². The smallest absolute Gasteiger partial charge is 0.145 e. The monoisotopic (exact) mass is 931 g/mol. The molecule has 1 aromatic heterocycles. The number of hydrogen-bond acceptors (Lipinski definition) is 7. The molecule has 338 valence electrons. The Kier molecular flexibility index (Phi) is 10.5. The summed E-state index contributed by atoms with van der Waals surface area (Å²) in [6.45, 7) is 0. The zero-order valence-electron chi connectivity index (χ0n) is 38.8. The molecule has 2 aliphatic heterocycles. The molecule has 0 N–H and O–H groups in total. The molecule has 0 saturated carbocycles. The van der Waals surface area contributed by atoms with E-state index >= 15 is 0 Å². The van der Waals surface area contributed by atoms with Gasteiger partial charge in [-0.05, 0) is 140 Å². The molecule has 3 heterocycles. The van der Waals surface area contributed by atoms with Gasteiger partial charge in [-0.2, -0.15) is 0 Å². The fourth-order valence-corrected chi connectivity index (χ4v) is 11.0. The summed E-state index contributed by atoms with van der Waals surface area (Å²) in [5, 5.41) is 0.927. The lowest BCUT2D eigenvalue weighted by atomic mass is 10.0. The molecule has 0 fully saturated rings. The maximum Gasteiger partial charge on any atom is 0.145 e. The van der Waals surface area contributed by atoms with Gasteiger partial charge in [-0.1, -0.05) is 127 Å². The summed E-state index contributed by atoms with van der Waals surface area (Å²) < 4.78 is 2.27. The predicted octanol–water partition coefficient (Wildman–Crippen LogP) is 17.4. The first-order chi connectivity index (χ1) is 35.2. The van der Waals surface area contributed by atoms with Crippen molar-refractivity contribution in [2.24, 2.45) is 4.99 Å². The average molecular weight is 932 g/mol. The van der Waals surface area contributed by atoms with Gasteiger partial charge in [0.05, 0.1) is 56.5 Å². The van der Waals surface area contributed by atoms with Gasteiger partial charge in [-0.25, -0.2) is 4.98 Å². The minimum absolute atomic E-state index is 0.877. The molecular weight excluding hydrogens is 887 g/mol. The molecule has 0 radical (unpaired) electrons. The Morgan fingerprint density at radius 2 is 0.718 bits per heavy atom. The Bertz CT molecular complexity index is 3670. The average Bonchev–Trinajstić information content (AvgIpc) is 3.83. The van der Waals surface area contributed by atoms with E-state index in [2.05, 4.69) is 279 Å². The molecule has 2 aliphatic rings. The molecule has 10 aromatic carbocycles. The normalized spacial score (nSPS) is 12.9. The van der Waals surface area contributed by atoms with Crippen molar-refractivity contribution in [3.8, 4) is 17.1 Å². The van der Waals surface area contributed by atoms with Crippen LogP contribution in [0.2, 0.25) is 0 Å². The van der Waals surface area contributed by atoms with Crippen molar-refractivity contribution in [2.45, 2.75) is 4.90 Å². The molecule has 8 heteroatoms. The molecule has 0 unspecified atom stereocenters. The van der Waals surface area contributed by atoms with E-state index in [1.54, 1.807) is 11.8 Å². The number of para-hydroxylation sites is 11. The number of imidazole rings is 1. The lowest BCUT2D eigenvalue weighted by Gasteiger charge is -2.40. The lowest BCUT2D eigenvalue weighted by molar-refractivity contribution is 1.10. The molecule has 0 saturated heterocycles. The van der Waals surface area contributed by atoms with Crippen LogP contribution in [0.25, 0.3) is 28.1 Å². The fraction of sp³-hybridized carbons (Fsp3) is 0.0159. The van der Waals surface area contributed by atoms with Crippen LogP contribution >= 0.6 is 11.8 Å². The quantitative estimate of drug-likeness (QED) is 0.0859. The van der Waals surface area contributed by atoms with E-state index in [4.69, 9.17) is 9.98 Å². The molecule has 7 nitrogen and oxygen atoms in total. The van der Waals surface area contributed by atoms with Crippen molar-refractivity contribution >= 4 is 96.1 Å². The van der Waals surface area contributed by atoms with Crippen molar-refractivity contribution < 1.29 is 0 Å². The fourth-order valence-electron chi connectivity index (χ4n) is 10.2. The number of hydrogen-bond donors (Lipinski definition) is 0. The van der Waals surface area contributed by atoms with E-state index in [1.165, 1.54) is 0 Å². The van der Waals surface area contributed by atoms with Crippen LogP contribution in [-0.4, -0.2) is 21.6 Å². The molecule has 71 heavy (non-hydrogen) atoms. The highest BCUT2D eigenvalue weighted by Crippen LogP contribution is 2.55. The van der Waals surface area contributed by atoms with Gasteiger partial charge in [0.2, 0.25) is 0 Å². The van der Waals surface area contributed by atoms with E-state index in [0.29, 0.717) is 0 Å². The standard InChI is InChI=1S/C63H45N7S/c1-64-63(45-35-39-50(40-36-45)69-60-31-17-13-27-56(60)67(47-21-7-3-8-22-47)57-28-14-18-32-61(57)69)71-51-41-42-53-52(43-51)65-62(70(53)48-23-9-4-10-24-48)44-33-37-49(38-34-44)68-58-29-15-11-25-54(58)66(46-19-5-2-6-20-46)55-26-12-16-30-59(55)68/h2-43H,1H3.